The van der Waals surface area contributed by atoms with E-state index < -0.39 is 15.6 Å². The van der Waals surface area contributed by atoms with Gasteiger partial charge in [0, 0.05) is 42.8 Å². The Kier molecular flexibility index (Phi) is 6.03. The molecule has 0 spiro atoms. The van der Waals surface area contributed by atoms with E-state index in [2.05, 4.69) is 9.71 Å². The average molecular weight is 554 g/mol. The van der Waals surface area contributed by atoms with E-state index in [0.717, 1.165) is 0 Å². The Hall–Kier alpha value is -4.77. The van der Waals surface area contributed by atoms with Gasteiger partial charge in [0.1, 0.15) is 22.4 Å². The van der Waals surface area contributed by atoms with Gasteiger partial charge in [0.2, 0.25) is 10.0 Å². The van der Waals surface area contributed by atoms with E-state index in [4.69, 9.17) is 15.0 Å². The molecule has 10 nitrogen and oxygen atoms in total. The molecule has 11 heteroatoms. The summed E-state index contributed by atoms with van der Waals surface area (Å²) in [5, 5.41) is 0.711. The first kappa shape index (κ1) is 25.5. The minimum atomic E-state index is -3.58. The van der Waals surface area contributed by atoms with Crippen LogP contribution in [0.5, 0.6) is 0 Å². The number of fused-ring (bicyclic) bond motifs is 2. The lowest BCUT2D eigenvalue weighted by molar-refractivity contribution is 0.466. The molecule has 0 saturated heterocycles. The van der Waals surface area contributed by atoms with Crippen LogP contribution >= 0.6 is 0 Å². The largest absolute Gasteiger partial charge is 0.345 e. The van der Waals surface area contributed by atoms with E-state index in [9.17, 15) is 13.2 Å². The first-order valence-electron chi connectivity index (χ1n) is 12.8. The summed E-state index contributed by atoms with van der Waals surface area (Å²) in [5.74, 6) is 0.455. The smallest absolute Gasteiger partial charge is 0.272 e. The predicted molar refractivity (Wildman–Crippen MR) is 156 cm³/mol. The Balaban J connectivity index is 1.78. The van der Waals surface area contributed by atoms with Crippen LogP contribution < -0.4 is 10.3 Å². The van der Waals surface area contributed by atoms with Crippen LogP contribution in [0, 0.1) is 0 Å². The molecule has 0 radical (unpaired) electrons. The lowest BCUT2D eigenvalue weighted by atomic mass is 9.90. The molecule has 5 heterocycles. The number of nitrogens with zero attached hydrogens (tertiary/aromatic N) is 5. The molecule has 1 aromatic carbocycles. The first-order valence-corrected chi connectivity index (χ1v) is 14.4. The van der Waals surface area contributed by atoms with E-state index >= 15 is 0 Å². The topological polar surface area (TPSA) is 128 Å². The van der Waals surface area contributed by atoms with Crippen LogP contribution in [0.3, 0.4) is 0 Å². The number of aromatic nitrogens is 6. The van der Waals surface area contributed by atoms with Crippen molar-refractivity contribution < 1.29 is 8.42 Å². The molecule has 6 rings (SSSR count). The van der Waals surface area contributed by atoms with Crippen molar-refractivity contribution in [1.82, 2.24) is 29.1 Å². The zero-order valence-electron chi connectivity index (χ0n) is 22.2. The van der Waals surface area contributed by atoms with Gasteiger partial charge in [-0.25, -0.2) is 13.4 Å². The highest BCUT2D eigenvalue weighted by Crippen LogP contribution is 2.42. The average Bonchev–Trinajstić information content (AvgIpc) is 3.53. The predicted octanol–water partition coefficient (Wildman–Crippen LogP) is 4.25. The van der Waals surface area contributed by atoms with E-state index in [1.165, 1.54) is 0 Å². The highest BCUT2D eigenvalue weighted by molar-refractivity contribution is 7.92. The summed E-state index contributed by atoms with van der Waals surface area (Å²) in [6, 6.07) is 18.6. The number of hydrogen-bond acceptors (Lipinski definition) is 6. The standard InChI is InChI=1S/C29H27N7O3S/c1-4-40(38,39)34-21-10-9-11-22-25(21)33-27(20-18-35(3)26-19(20)14-17-32-28(26)37)36(22)29(2,23-12-5-7-15-30-23)24-13-6-8-16-31-24/h5-18,34H,4H2,1-3H3,(H,32,37). The maximum absolute atomic E-state index is 12.8. The van der Waals surface area contributed by atoms with Gasteiger partial charge in [-0.3, -0.25) is 19.5 Å². The molecule has 0 bridgehead atoms. The van der Waals surface area contributed by atoms with Gasteiger partial charge in [-0.2, -0.15) is 0 Å². The molecule has 0 fully saturated rings. The zero-order valence-corrected chi connectivity index (χ0v) is 23.0. The zero-order chi connectivity index (χ0) is 28.1. The highest BCUT2D eigenvalue weighted by atomic mass is 32.2. The molecule has 0 saturated carbocycles. The van der Waals surface area contributed by atoms with E-state index in [1.807, 2.05) is 73.3 Å². The molecule has 6 aromatic rings. The number of para-hydroxylation sites is 1. The molecule has 40 heavy (non-hydrogen) atoms. The second-order valence-electron chi connectivity index (χ2n) is 9.67. The molecule has 0 aliphatic heterocycles. The Bertz CT molecular complexity index is 1990. The minimum Gasteiger partial charge on any atom is -0.345 e. The Morgan fingerprint density at radius 2 is 1.68 bits per heavy atom. The summed E-state index contributed by atoms with van der Waals surface area (Å²) in [5.41, 5.74) is 2.95. The lowest BCUT2D eigenvalue weighted by Gasteiger charge is -2.32. The van der Waals surface area contributed by atoms with E-state index in [-0.39, 0.29) is 11.3 Å². The SMILES string of the molecule is CCS(=O)(=O)Nc1cccc2c1nc(-c1cn(C)c3c(=O)[nH]ccc13)n2C(C)(c1ccccn1)c1ccccn1. The van der Waals surface area contributed by atoms with Gasteiger partial charge in [0.05, 0.1) is 28.3 Å². The maximum Gasteiger partial charge on any atom is 0.272 e. The second-order valence-corrected chi connectivity index (χ2v) is 11.7. The number of nitrogens with one attached hydrogen (secondary N) is 2. The molecule has 0 aliphatic rings. The van der Waals surface area contributed by atoms with Crippen LogP contribution in [0.4, 0.5) is 5.69 Å². The van der Waals surface area contributed by atoms with Crippen molar-refractivity contribution in [1.29, 1.82) is 0 Å². The number of anilines is 1. The Labute approximate surface area is 230 Å². The van der Waals surface area contributed by atoms with Crippen molar-refractivity contribution >= 4 is 37.6 Å². The second kappa shape index (κ2) is 9.45. The molecule has 0 aliphatic carbocycles. The van der Waals surface area contributed by atoms with E-state index in [1.54, 1.807) is 42.2 Å². The normalized spacial score (nSPS) is 12.3. The number of hydrogen-bond donors (Lipinski definition) is 2. The molecule has 202 valence electrons. The summed E-state index contributed by atoms with van der Waals surface area (Å²) in [4.78, 5) is 30.1. The molecule has 0 amide bonds. The Morgan fingerprint density at radius 1 is 0.975 bits per heavy atom. The van der Waals surface area contributed by atoms with E-state index in [0.29, 0.717) is 50.4 Å². The summed E-state index contributed by atoms with van der Waals surface area (Å²) in [6.07, 6.45) is 6.94. The third-order valence-corrected chi connectivity index (χ3v) is 8.54. The number of aryl methyl sites for hydroxylation is 1. The van der Waals surface area contributed by atoms with Crippen LogP contribution in [0.1, 0.15) is 25.2 Å². The quantitative estimate of drug-likeness (QED) is 0.304. The number of benzene rings is 1. The van der Waals surface area contributed by atoms with Gasteiger partial charge in [-0.05, 0) is 56.3 Å². The minimum absolute atomic E-state index is 0.0807. The van der Waals surface area contributed by atoms with Crippen LogP contribution in [-0.2, 0) is 22.6 Å². The molecule has 5 aromatic heterocycles. The molecule has 0 atom stereocenters. The summed E-state index contributed by atoms with van der Waals surface area (Å²) in [6.45, 7) is 3.60. The van der Waals surface area contributed by atoms with Gasteiger partial charge in [0.25, 0.3) is 5.56 Å². The molecular formula is C29H27N7O3S. The first-order chi connectivity index (χ1) is 19.2. The fourth-order valence-electron chi connectivity index (χ4n) is 5.26. The van der Waals surface area contributed by atoms with Crippen molar-refractivity contribution in [3.05, 3.63) is 107 Å². The number of H-pyrrole nitrogens is 1. The third kappa shape index (κ3) is 3.97. The number of rotatable bonds is 7. The number of pyridine rings is 3. The Morgan fingerprint density at radius 3 is 2.30 bits per heavy atom. The van der Waals surface area contributed by atoms with Gasteiger partial charge in [-0.15, -0.1) is 0 Å². The van der Waals surface area contributed by atoms with Crippen LogP contribution in [-0.4, -0.2) is 43.2 Å². The summed E-state index contributed by atoms with van der Waals surface area (Å²) in [7, 11) is -1.77. The highest BCUT2D eigenvalue weighted by Gasteiger charge is 2.38. The lowest BCUT2D eigenvalue weighted by Crippen LogP contribution is -2.35. The van der Waals surface area contributed by atoms with Gasteiger partial charge < -0.3 is 14.1 Å². The van der Waals surface area contributed by atoms with Crippen molar-refractivity contribution in [3.63, 3.8) is 0 Å². The number of imidazole rings is 1. The monoisotopic (exact) mass is 553 g/mol. The van der Waals surface area contributed by atoms with Gasteiger partial charge in [0.15, 0.2) is 0 Å². The maximum atomic E-state index is 12.8. The van der Waals surface area contributed by atoms with Crippen molar-refractivity contribution in [2.24, 2.45) is 7.05 Å². The van der Waals surface area contributed by atoms with Crippen LogP contribution in [0.25, 0.3) is 33.3 Å². The number of aromatic amines is 1. The third-order valence-electron chi connectivity index (χ3n) is 7.25. The van der Waals surface area contributed by atoms with Crippen molar-refractivity contribution in [2.75, 3.05) is 10.5 Å². The summed E-state index contributed by atoms with van der Waals surface area (Å²) >= 11 is 0. The molecule has 0 unspecified atom stereocenters. The van der Waals surface area contributed by atoms with Crippen molar-refractivity contribution in [3.8, 4) is 11.4 Å². The number of sulfonamides is 1. The van der Waals surface area contributed by atoms with Gasteiger partial charge >= 0.3 is 0 Å². The molecular weight excluding hydrogens is 526 g/mol. The van der Waals surface area contributed by atoms with Gasteiger partial charge in [-0.1, -0.05) is 18.2 Å². The van der Waals surface area contributed by atoms with Crippen molar-refractivity contribution in [2.45, 2.75) is 19.4 Å². The molecule has 2 N–H and O–H groups in total. The summed E-state index contributed by atoms with van der Waals surface area (Å²) < 4.78 is 31.7. The van der Waals surface area contributed by atoms with Crippen LogP contribution in [0.15, 0.2) is 90.2 Å². The fourth-order valence-corrected chi connectivity index (χ4v) is 5.90. The fraction of sp³-hybridized carbons (Fsp3) is 0.172. The van der Waals surface area contributed by atoms with Crippen LogP contribution in [0.2, 0.25) is 0 Å².